The van der Waals surface area contributed by atoms with Crippen molar-refractivity contribution in [1.29, 1.82) is 0 Å². The molecule has 1 aliphatic heterocycles. The Labute approximate surface area is 103 Å². The lowest BCUT2D eigenvalue weighted by Crippen LogP contribution is -2.59. The van der Waals surface area contributed by atoms with Crippen LogP contribution in [-0.2, 0) is 9.59 Å². The molecule has 0 atom stereocenters. The third kappa shape index (κ3) is 2.38. The number of piperidine rings is 1. The summed E-state index contributed by atoms with van der Waals surface area (Å²) in [5, 5.41) is 2.97. The van der Waals surface area contributed by atoms with Gasteiger partial charge in [-0.25, -0.2) is 0 Å². The molecule has 2 aliphatic rings. The lowest BCUT2D eigenvalue weighted by atomic mass is 9.65. The van der Waals surface area contributed by atoms with Crippen molar-refractivity contribution in [2.24, 2.45) is 11.3 Å². The van der Waals surface area contributed by atoms with E-state index in [1.54, 1.807) is 0 Å². The summed E-state index contributed by atoms with van der Waals surface area (Å²) in [6, 6.07) is 0. The van der Waals surface area contributed by atoms with Gasteiger partial charge in [0.15, 0.2) is 5.78 Å². The van der Waals surface area contributed by atoms with E-state index >= 15 is 0 Å². The smallest absolute Gasteiger partial charge is 0.221 e. The Hall–Kier alpha value is -0.860. The van der Waals surface area contributed by atoms with E-state index in [4.69, 9.17) is 0 Å². The van der Waals surface area contributed by atoms with Crippen LogP contribution < -0.4 is 5.32 Å². The number of hydrogen-bond acceptors (Lipinski definition) is 2. The molecule has 3 heteroatoms. The van der Waals surface area contributed by atoms with Crippen molar-refractivity contribution in [3.05, 3.63) is 0 Å². The fraction of sp³-hybridized carbons (Fsp3) is 0.857. The quantitative estimate of drug-likeness (QED) is 0.703. The lowest BCUT2D eigenvalue weighted by Gasteiger charge is -2.45. The maximum absolute atomic E-state index is 12.1. The van der Waals surface area contributed by atoms with E-state index in [2.05, 4.69) is 26.1 Å². The first-order valence-corrected chi connectivity index (χ1v) is 6.68. The maximum atomic E-state index is 12.1. The predicted octanol–water partition coefficient (Wildman–Crippen LogP) is 2.44. The van der Waals surface area contributed by atoms with Crippen molar-refractivity contribution in [3.8, 4) is 0 Å². The van der Waals surface area contributed by atoms with E-state index in [1.807, 2.05) is 0 Å². The number of carbonyl (C=O) groups is 2. The monoisotopic (exact) mass is 237 g/mol. The molecule has 0 aromatic rings. The molecule has 3 nitrogen and oxygen atoms in total. The molecular weight excluding hydrogens is 214 g/mol. The van der Waals surface area contributed by atoms with Gasteiger partial charge in [-0.1, -0.05) is 20.8 Å². The Balaban J connectivity index is 2.06. The molecule has 96 valence electrons. The molecule has 0 aromatic carbocycles. The van der Waals surface area contributed by atoms with Crippen molar-refractivity contribution in [2.45, 2.75) is 64.8 Å². The van der Waals surface area contributed by atoms with Crippen LogP contribution in [0.3, 0.4) is 0 Å². The van der Waals surface area contributed by atoms with Gasteiger partial charge < -0.3 is 5.32 Å². The van der Waals surface area contributed by atoms with Crippen LogP contribution in [0.15, 0.2) is 0 Å². The number of amides is 1. The normalized spacial score (nSPS) is 34.9. The largest absolute Gasteiger partial charge is 0.344 e. The van der Waals surface area contributed by atoms with Gasteiger partial charge in [-0.3, -0.25) is 9.59 Å². The summed E-state index contributed by atoms with van der Waals surface area (Å²) in [5.74, 6) is 0.975. The van der Waals surface area contributed by atoms with Crippen molar-refractivity contribution >= 4 is 11.7 Å². The molecule has 1 amide bonds. The summed E-state index contributed by atoms with van der Waals surface area (Å²) >= 11 is 0. The third-order valence-electron chi connectivity index (χ3n) is 4.56. The van der Waals surface area contributed by atoms with Crippen molar-refractivity contribution < 1.29 is 9.59 Å². The molecule has 0 aromatic heterocycles. The second-order valence-corrected chi connectivity index (χ2v) is 6.69. The van der Waals surface area contributed by atoms with Gasteiger partial charge >= 0.3 is 0 Å². The Morgan fingerprint density at radius 3 is 2.24 bits per heavy atom. The Bertz CT molecular complexity index is 333. The van der Waals surface area contributed by atoms with Gasteiger partial charge in [0.05, 0.1) is 5.54 Å². The van der Waals surface area contributed by atoms with Crippen LogP contribution in [0.1, 0.15) is 59.3 Å². The fourth-order valence-corrected chi connectivity index (χ4v) is 3.25. The van der Waals surface area contributed by atoms with Crippen LogP contribution in [0.5, 0.6) is 0 Å². The third-order valence-corrected chi connectivity index (χ3v) is 4.56. The number of Topliss-reactive ketones (excluding diaryl/α,β-unsaturated/α-hetero) is 1. The first-order valence-electron chi connectivity index (χ1n) is 6.68. The van der Waals surface area contributed by atoms with E-state index in [-0.39, 0.29) is 11.7 Å². The lowest BCUT2D eigenvalue weighted by molar-refractivity contribution is -0.139. The number of ketones is 1. The molecule has 1 aliphatic carbocycles. The van der Waals surface area contributed by atoms with Gasteiger partial charge in [-0.2, -0.15) is 0 Å². The highest BCUT2D eigenvalue weighted by molar-refractivity contribution is 5.98. The highest BCUT2D eigenvalue weighted by atomic mass is 16.2. The molecule has 1 N–H and O–H groups in total. The minimum Gasteiger partial charge on any atom is -0.344 e. The van der Waals surface area contributed by atoms with Crippen molar-refractivity contribution in [2.75, 3.05) is 0 Å². The highest BCUT2D eigenvalue weighted by Crippen LogP contribution is 2.42. The zero-order chi connectivity index (χ0) is 12.7. The minimum atomic E-state index is -0.503. The molecule has 1 spiro atoms. The summed E-state index contributed by atoms with van der Waals surface area (Å²) < 4.78 is 0. The zero-order valence-electron chi connectivity index (χ0n) is 11.1. The van der Waals surface area contributed by atoms with Gasteiger partial charge in [-0.05, 0) is 37.0 Å². The molecule has 1 saturated carbocycles. The predicted molar refractivity (Wildman–Crippen MR) is 66.5 cm³/mol. The maximum Gasteiger partial charge on any atom is 0.221 e. The van der Waals surface area contributed by atoms with E-state index in [0.717, 1.165) is 25.7 Å². The summed E-state index contributed by atoms with van der Waals surface area (Å²) in [5.41, 5.74) is -0.194. The summed E-state index contributed by atoms with van der Waals surface area (Å²) in [6.07, 6.45) is 4.58. The zero-order valence-corrected chi connectivity index (χ0v) is 11.1. The molecule has 2 fully saturated rings. The molecule has 17 heavy (non-hydrogen) atoms. The highest BCUT2D eigenvalue weighted by Gasteiger charge is 2.46. The van der Waals surface area contributed by atoms with E-state index in [9.17, 15) is 9.59 Å². The van der Waals surface area contributed by atoms with E-state index in [0.29, 0.717) is 24.2 Å². The Kier molecular flexibility index (Phi) is 3.04. The van der Waals surface area contributed by atoms with Crippen molar-refractivity contribution in [3.63, 3.8) is 0 Å². The number of hydrogen-bond donors (Lipinski definition) is 1. The summed E-state index contributed by atoms with van der Waals surface area (Å²) in [4.78, 5) is 23.6. The number of nitrogens with one attached hydrogen (secondary N) is 1. The Morgan fingerprint density at radius 1 is 1.12 bits per heavy atom. The van der Waals surface area contributed by atoms with Crippen LogP contribution in [0.4, 0.5) is 0 Å². The number of rotatable bonds is 0. The van der Waals surface area contributed by atoms with Crippen molar-refractivity contribution in [1.82, 2.24) is 5.32 Å². The van der Waals surface area contributed by atoms with Gasteiger partial charge in [0.25, 0.3) is 0 Å². The fourth-order valence-electron chi connectivity index (χ4n) is 3.25. The number of carbonyl (C=O) groups excluding carboxylic acids is 2. The van der Waals surface area contributed by atoms with E-state index in [1.165, 1.54) is 0 Å². The topological polar surface area (TPSA) is 46.2 Å². The average molecular weight is 237 g/mol. The summed E-state index contributed by atoms with van der Waals surface area (Å²) in [7, 11) is 0. The first-order chi connectivity index (χ1) is 7.83. The SMILES string of the molecule is CC(C)(C)C1CCC2(CC1)NC(=O)CCC2=O. The minimum absolute atomic E-state index is 0.0545. The molecule has 1 saturated heterocycles. The second kappa shape index (κ2) is 4.11. The Morgan fingerprint density at radius 2 is 1.71 bits per heavy atom. The molecule has 0 radical (unpaired) electrons. The van der Waals surface area contributed by atoms with E-state index < -0.39 is 5.54 Å². The summed E-state index contributed by atoms with van der Waals surface area (Å²) in [6.45, 7) is 6.78. The van der Waals surface area contributed by atoms with Gasteiger partial charge in [0.1, 0.15) is 0 Å². The van der Waals surface area contributed by atoms with Crippen LogP contribution in [0.25, 0.3) is 0 Å². The second-order valence-electron chi connectivity index (χ2n) is 6.69. The van der Waals surface area contributed by atoms with Gasteiger partial charge in [-0.15, -0.1) is 0 Å². The van der Waals surface area contributed by atoms with Crippen LogP contribution in [0, 0.1) is 11.3 Å². The first kappa shape index (κ1) is 12.6. The molecular formula is C14H23NO2. The average Bonchev–Trinajstić information content (AvgIpc) is 2.23. The molecule has 2 rings (SSSR count). The van der Waals surface area contributed by atoms with Crippen LogP contribution in [0.2, 0.25) is 0 Å². The standard InChI is InChI=1S/C14H23NO2/c1-13(2,3)10-6-8-14(9-7-10)11(16)4-5-12(17)15-14/h10H,4-9H2,1-3H3,(H,15,17). The molecule has 0 unspecified atom stereocenters. The van der Waals surface area contributed by atoms with Gasteiger partial charge in [0.2, 0.25) is 5.91 Å². The van der Waals surface area contributed by atoms with Gasteiger partial charge in [0, 0.05) is 12.8 Å². The molecule has 1 heterocycles. The van der Waals surface area contributed by atoms with Crippen LogP contribution >= 0.6 is 0 Å². The van der Waals surface area contributed by atoms with Crippen LogP contribution in [-0.4, -0.2) is 17.2 Å². The molecule has 0 bridgehead atoms.